The summed E-state index contributed by atoms with van der Waals surface area (Å²) in [5, 5.41) is 4.71. The lowest BCUT2D eigenvalue weighted by Gasteiger charge is -2.46. The smallest absolute Gasteiger partial charge is 0.252 e. The molecule has 4 heterocycles. The van der Waals surface area contributed by atoms with Crippen molar-refractivity contribution in [1.29, 1.82) is 0 Å². The van der Waals surface area contributed by atoms with E-state index in [1.165, 1.54) is 130 Å². The van der Waals surface area contributed by atoms with E-state index in [9.17, 15) is 0 Å². The normalized spacial score (nSPS) is 14.0. The molecule has 18 rings (SSSR count). The molecule has 5 nitrogen and oxygen atoms in total. The van der Waals surface area contributed by atoms with Gasteiger partial charge in [0, 0.05) is 72.5 Å². The zero-order valence-electron chi connectivity index (χ0n) is 61.4. The number of aromatic nitrogens is 2. The number of anilines is 6. The summed E-state index contributed by atoms with van der Waals surface area (Å²) in [6, 6.07) is 105. The predicted molar refractivity (Wildman–Crippen MR) is 444 cm³/mol. The molecule has 0 atom stereocenters. The molecule has 1 aliphatic carbocycles. The Morgan fingerprint density at radius 1 is 0.356 bits per heavy atom. The average Bonchev–Trinajstić information content (AvgIpc) is 0.767. The highest BCUT2D eigenvalue weighted by atomic mass is 15.2. The van der Waals surface area contributed by atoms with Gasteiger partial charge in [0.2, 0.25) is 0 Å². The first-order valence-corrected chi connectivity index (χ1v) is 37.5. The third-order valence-corrected chi connectivity index (χ3v) is 23.0. The fourth-order valence-electron chi connectivity index (χ4n) is 17.6. The van der Waals surface area contributed by atoms with Crippen molar-refractivity contribution in [2.24, 2.45) is 0 Å². The Morgan fingerprint density at radius 3 is 1.21 bits per heavy atom. The van der Waals surface area contributed by atoms with Gasteiger partial charge in [-0.1, -0.05) is 257 Å². The molecule has 0 spiro atoms. The Morgan fingerprint density at radius 2 is 0.760 bits per heavy atom. The summed E-state index contributed by atoms with van der Waals surface area (Å²) in [6.45, 7) is 31.4. The summed E-state index contributed by atoms with van der Waals surface area (Å²) >= 11 is 0. The van der Waals surface area contributed by atoms with Gasteiger partial charge >= 0.3 is 0 Å². The van der Waals surface area contributed by atoms with Crippen LogP contribution in [0.4, 0.5) is 39.8 Å². The standard InChI is InChI=1S/C98H86BN5/c1-62-41-48-86-80(51-62)81-54-69(96(2,3)4)42-49-87(81)102(86)74-45-47-84-90(61-74)104(95-78(66-35-23-15-24-36-66)57-71(98(8,9)10)58-79(95)67-37-25-16-26-38-67)92-53-68(63-29-17-12-18-30-63)52-91-93(92)99(84)83-46-44-73(101-85-40-28-27-39-75(85)82-59-72(100-11)43-50-88(82)101)60-89(83)103(91)94-76(64-31-19-13-20-32-64)55-70(97(5,6)7)56-77(94)65-33-21-14-22-34-65/h13-16,19-28,31-61,63H,12,17-18,29-30H2,1-10H3. The van der Waals surface area contributed by atoms with Crippen LogP contribution in [-0.4, -0.2) is 15.8 Å². The highest BCUT2D eigenvalue weighted by Gasteiger charge is 2.47. The van der Waals surface area contributed by atoms with Crippen LogP contribution in [-0.2, 0) is 16.2 Å². The number of rotatable bonds is 9. The lowest BCUT2D eigenvalue weighted by Crippen LogP contribution is -2.61. The second-order valence-electron chi connectivity index (χ2n) is 32.7. The molecule has 0 N–H and O–H groups in total. The number of nitrogens with zero attached hydrogens (tertiary/aromatic N) is 5. The predicted octanol–water partition coefficient (Wildman–Crippen LogP) is 25.4. The largest absolute Gasteiger partial charge is 0.310 e. The maximum absolute atomic E-state index is 8.21. The zero-order valence-corrected chi connectivity index (χ0v) is 61.4. The monoisotopic (exact) mass is 1340 g/mol. The third-order valence-electron chi connectivity index (χ3n) is 23.0. The van der Waals surface area contributed by atoms with Gasteiger partial charge in [0.25, 0.3) is 6.71 Å². The molecule has 13 aromatic carbocycles. The van der Waals surface area contributed by atoms with E-state index in [0.717, 1.165) is 79.9 Å². The fraction of sp³-hybridized carbons (Fsp3) is 0.194. The molecule has 3 aliphatic rings. The van der Waals surface area contributed by atoms with E-state index in [-0.39, 0.29) is 23.0 Å². The lowest BCUT2D eigenvalue weighted by molar-refractivity contribution is 0.444. The van der Waals surface area contributed by atoms with Crippen molar-refractivity contribution in [3.05, 3.63) is 312 Å². The minimum Gasteiger partial charge on any atom is -0.310 e. The first kappa shape index (κ1) is 64.7. The summed E-state index contributed by atoms with van der Waals surface area (Å²) in [5.74, 6) is 0.320. The Labute approximate surface area is 613 Å². The maximum Gasteiger partial charge on any atom is 0.252 e. The van der Waals surface area contributed by atoms with Gasteiger partial charge in [-0.15, -0.1) is 0 Å². The van der Waals surface area contributed by atoms with Crippen LogP contribution in [0.3, 0.4) is 0 Å². The van der Waals surface area contributed by atoms with Crippen molar-refractivity contribution < 1.29 is 0 Å². The van der Waals surface area contributed by atoms with Crippen LogP contribution in [0.5, 0.6) is 0 Å². The van der Waals surface area contributed by atoms with Crippen LogP contribution >= 0.6 is 0 Å². The molecule has 0 saturated heterocycles. The number of hydrogen-bond donors (Lipinski definition) is 0. The Balaban J connectivity index is 1.03. The van der Waals surface area contributed by atoms with Crippen LogP contribution in [0.1, 0.15) is 128 Å². The van der Waals surface area contributed by atoms with Crippen molar-refractivity contribution >= 4 is 107 Å². The highest BCUT2D eigenvalue weighted by Crippen LogP contribution is 2.56. The average molecular weight is 1340 g/mol. The molecule has 1 fully saturated rings. The molecule has 104 heavy (non-hydrogen) atoms. The van der Waals surface area contributed by atoms with Gasteiger partial charge in [0.15, 0.2) is 5.69 Å². The molecule has 1 saturated carbocycles. The van der Waals surface area contributed by atoms with Gasteiger partial charge in [0.1, 0.15) is 0 Å². The lowest BCUT2D eigenvalue weighted by atomic mass is 9.33. The molecule has 0 radical (unpaired) electrons. The molecular weight excluding hydrogens is 1260 g/mol. The van der Waals surface area contributed by atoms with Gasteiger partial charge < -0.3 is 18.9 Å². The van der Waals surface area contributed by atoms with E-state index in [1.54, 1.807) is 0 Å². The van der Waals surface area contributed by atoms with Gasteiger partial charge in [-0.05, 0) is 211 Å². The summed E-state index contributed by atoms with van der Waals surface area (Å²) in [4.78, 5) is 9.51. The Bertz CT molecular complexity index is 5860. The summed E-state index contributed by atoms with van der Waals surface area (Å²) in [6.07, 6.45) is 5.85. The van der Waals surface area contributed by atoms with E-state index in [1.807, 2.05) is 6.07 Å². The minimum absolute atomic E-state index is 0.0435. The number of aryl methyl sites for hydroxylation is 1. The molecule has 0 bridgehead atoms. The van der Waals surface area contributed by atoms with Crippen LogP contribution in [0.2, 0.25) is 0 Å². The maximum atomic E-state index is 8.21. The Hall–Kier alpha value is -11.4. The van der Waals surface area contributed by atoms with Crippen molar-refractivity contribution in [2.45, 2.75) is 124 Å². The molecule has 506 valence electrons. The van der Waals surface area contributed by atoms with Crippen molar-refractivity contribution in [3.8, 4) is 55.9 Å². The minimum atomic E-state index is -0.237. The van der Waals surface area contributed by atoms with E-state index >= 15 is 0 Å². The quantitative estimate of drug-likeness (QED) is 0.106. The molecule has 0 amide bonds. The van der Waals surface area contributed by atoms with Gasteiger partial charge in [-0.25, -0.2) is 4.85 Å². The SMILES string of the molecule is [C-]#[N+]c1ccc2c(c1)c1ccccc1n2-c1ccc2c(c1)N(c1c(-c3ccccc3)cc(C(C)(C)C)cc1-c1ccccc1)c1cc(C3CCCCC3)cc3c1B2c1ccc(-n2c4ccc(C)cc4c4cc(C(C)(C)C)ccc42)cc1N3c1c(-c2ccccc2)cc(C(C)(C)C)cc1-c1ccccc1. The van der Waals surface area contributed by atoms with E-state index in [4.69, 9.17) is 6.57 Å². The number of fused-ring (bicyclic) bond motifs is 10. The van der Waals surface area contributed by atoms with E-state index in [0.29, 0.717) is 11.6 Å². The molecule has 15 aromatic rings. The second kappa shape index (κ2) is 24.7. The first-order chi connectivity index (χ1) is 50.4. The zero-order chi connectivity index (χ0) is 71.1. The van der Waals surface area contributed by atoms with Gasteiger partial charge in [-0.3, -0.25) is 0 Å². The van der Waals surface area contributed by atoms with E-state index < -0.39 is 0 Å². The number of benzene rings is 13. The highest BCUT2D eigenvalue weighted by molar-refractivity contribution is 7.00. The van der Waals surface area contributed by atoms with Crippen LogP contribution in [0, 0.1) is 13.5 Å². The number of hydrogen-bond acceptors (Lipinski definition) is 2. The molecule has 0 unspecified atom stereocenters. The molecule has 6 heteroatoms. The van der Waals surface area contributed by atoms with Crippen molar-refractivity contribution in [1.82, 2.24) is 9.13 Å². The number of para-hydroxylation sites is 1. The van der Waals surface area contributed by atoms with Crippen molar-refractivity contribution in [2.75, 3.05) is 9.80 Å². The molecular formula is C98H86BN5. The first-order valence-electron chi connectivity index (χ1n) is 37.5. The molecule has 2 aliphatic heterocycles. The summed E-state index contributed by atoms with van der Waals surface area (Å²) in [5.41, 5.74) is 33.5. The summed E-state index contributed by atoms with van der Waals surface area (Å²) < 4.78 is 5.01. The van der Waals surface area contributed by atoms with Gasteiger partial charge in [-0.2, -0.15) is 0 Å². The Kier molecular flexibility index (Phi) is 15.3. The fourth-order valence-corrected chi connectivity index (χ4v) is 17.6. The molecule has 2 aromatic heterocycles. The topological polar surface area (TPSA) is 20.7 Å². The third kappa shape index (κ3) is 10.7. The van der Waals surface area contributed by atoms with Crippen LogP contribution in [0.15, 0.2) is 273 Å². The van der Waals surface area contributed by atoms with Crippen LogP contribution < -0.4 is 26.2 Å². The van der Waals surface area contributed by atoms with Crippen molar-refractivity contribution in [3.63, 3.8) is 0 Å². The second-order valence-corrected chi connectivity index (χ2v) is 32.7. The van der Waals surface area contributed by atoms with Crippen LogP contribution in [0.25, 0.3) is 104 Å². The van der Waals surface area contributed by atoms with E-state index in [2.05, 4.69) is 360 Å². The van der Waals surface area contributed by atoms with Gasteiger partial charge in [0.05, 0.1) is 40.0 Å². The summed E-state index contributed by atoms with van der Waals surface area (Å²) in [7, 11) is 0.